The molecule has 0 aliphatic heterocycles. The Bertz CT molecular complexity index is 552. The van der Waals surface area contributed by atoms with Gasteiger partial charge in [0.1, 0.15) is 5.82 Å². The average molecular weight is 276 g/mol. The fourth-order valence-electron chi connectivity index (χ4n) is 2.12. The zero-order valence-electron chi connectivity index (χ0n) is 12.2. The standard InChI is InChI=1S/C15H21FN4/c1-4-11(2)20-9-7-12(19-20)10-14(17-3)15-13(16)6-5-8-18-15/h5-9,11,14,17H,4,10H2,1-3H3. The quantitative estimate of drug-likeness (QED) is 0.882. The molecule has 0 saturated heterocycles. The molecule has 20 heavy (non-hydrogen) atoms. The number of rotatable bonds is 6. The van der Waals surface area contributed by atoms with Gasteiger partial charge >= 0.3 is 0 Å². The van der Waals surface area contributed by atoms with Crippen molar-refractivity contribution in [3.8, 4) is 0 Å². The highest BCUT2D eigenvalue weighted by Crippen LogP contribution is 2.19. The van der Waals surface area contributed by atoms with Gasteiger partial charge in [0.25, 0.3) is 0 Å². The van der Waals surface area contributed by atoms with Gasteiger partial charge in [0.05, 0.1) is 17.4 Å². The molecule has 2 aromatic rings. The van der Waals surface area contributed by atoms with E-state index < -0.39 is 0 Å². The summed E-state index contributed by atoms with van der Waals surface area (Å²) < 4.78 is 15.7. The van der Waals surface area contributed by atoms with Gasteiger partial charge in [-0.05, 0) is 38.6 Å². The van der Waals surface area contributed by atoms with Gasteiger partial charge in [-0.3, -0.25) is 9.67 Å². The SMILES string of the molecule is CCC(C)n1ccc(CC(NC)c2ncccc2F)n1. The van der Waals surface area contributed by atoms with Crippen molar-refractivity contribution in [3.63, 3.8) is 0 Å². The number of halogens is 1. The zero-order chi connectivity index (χ0) is 14.5. The van der Waals surface area contributed by atoms with Crippen LogP contribution in [0.15, 0.2) is 30.6 Å². The minimum atomic E-state index is -0.284. The van der Waals surface area contributed by atoms with Crippen LogP contribution >= 0.6 is 0 Å². The van der Waals surface area contributed by atoms with E-state index in [1.165, 1.54) is 6.07 Å². The predicted molar refractivity (Wildman–Crippen MR) is 76.9 cm³/mol. The maximum atomic E-state index is 13.8. The highest BCUT2D eigenvalue weighted by molar-refractivity contribution is 5.15. The van der Waals surface area contributed by atoms with Crippen molar-refractivity contribution in [2.45, 2.75) is 38.8 Å². The molecule has 0 aromatic carbocycles. The van der Waals surface area contributed by atoms with Crippen LogP contribution in [0.1, 0.15) is 43.7 Å². The minimum Gasteiger partial charge on any atom is -0.311 e. The summed E-state index contributed by atoms with van der Waals surface area (Å²) in [6.45, 7) is 4.26. The molecule has 5 heteroatoms. The van der Waals surface area contributed by atoms with E-state index in [9.17, 15) is 4.39 Å². The third-order valence-corrected chi connectivity index (χ3v) is 3.58. The lowest BCUT2D eigenvalue weighted by Gasteiger charge is -2.15. The molecule has 0 amide bonds. The first-order chi connectivity index (χ1) is 9.65. The van der Waals surface area contributed by atoms with Crippen molar-refractivity contribution in [2.75, 3.05) is 7.05 Å². The molecule has 0 radical (unpaired) electrons. The van der Waals surface area contributed by atoms with Gasteiger partial charge in [-0.25, -0.2) is 4.39 Å². The lowest BCUT2D eigenvalue weighted by atomic mass is 10.1. The summed E-state index contributed by atoms with van der Waals surface area (Å²) in [7, 11) is 1.81. The molecule has 2 heterocycles. The Morgan fingerprint density at radius 1 is 1.40 bits per heavy atom. The maximum absolute atomic E-state index is 13.8. The van der Waals surface area contributed by atoms with Gasteiger partial charge in [0.15, 0.2) is 0 Å². The molecule has 0 bridgehead atoms. The number of pyridine rings is 1. The molecule has 2 atom stereocenters. The van der Waals surface area contributed by atoms with E-state index in [1.807, 2.05) is 24.0 Å². The first-order valence-corrected chi connectivity index (χ1v) is 6.97. The van der Waals surface area contributed by atoms with Crippen LogP contribution in [0.25, 0.3) is 0 Å². The molecule has 1 N–H and O–H groups in total. The first kappa shape index (κ1) is 14.7. The molecular formula is C15H21FN4. The molecule has 4 nitrogen and oxygen atoms in total. The second kappa shape index (κ2) is 6.61. The first-order valence-electron chi connectivity index (χ1n) is 6.97. The van der Waals surface area contributed by atoms with E-state index in [4.69, 9.17) is 0 Å². The summed E-state index contributed by atoms with van der Waals surface area (Å²) in [5.74, 6) is -0.284. The van der Waals surface area contributed by atoms with Crippen molar-refractivity contribution in [3.05, 3.63) is 47.8 Å². The average Bonchev–Trinajstić information content (AvgIpc) is 2.93. The van der Waals surface area contributed by atoms with E-state index >= 15 is 0 Å². The number of hydrogen-bond acceptors (Lipinski definition) is 3. The number of aromatic nitrogens is 3. The fourth-order valence-corrected chi connectivity index (χ4v) is 2.12. The van der Waals surface area contributed by atoms with Crippen LogP contribution in [0.5, 0.6) is 0 Å². The van der Waals surface area contributed by atoms with Crippen LogP contribution in [0.3, 0.4) is 0 Å². The van der Waals surface area contributed by atoms with Crippen molar-refractivity contribution in [1.82, 2.24) is 20.1 Å². The van der Waals surface area contributed by atoms with E-state index in [1.54, 1.807) is 12.3 Å². The van der Waals surface area contributed by atoms with Crippen LogP contribution < -0.4 is 5.32 Å². The van der Waals surface area contributed by atoms with Crippen molar-refractivity contribution >= 4 is 0 Å². The Balaban J connectivity index is 2.15. The van der Waals surface area contributed by atoms with Crippen LogP contribution in [0.4, 0.5) is 4.39 Å². The van der Waals surface area contributed by atoms with Gasteiger partial charge in [-0.2, -0.15) is 5.10 Å². The molecule has 0 fully saturated rings. The molecule has 0 spiro atoms. The highest BCUT2D eigenvalue weighted by atomic mass is 19.1. The lowest BCUT2D eigenvalue weighted by molar-refractivity contribution is 0.465. The Kier molecular flexibility index (Phi) is 4.84. The van der Waals surface area contributed by atoms with E-state index in [0.717, 1.165) is 12.1 Å². The third-order valence-electron chi connectivity index (χ3n) is 3.58. The summed E-state index contributed by atoms with van der Waals surface area (Å²) in [4.78, 5) is 4.13. The predicted octanol–water partition coefficient (Wildman–Crippen LogP) is 2.89. The largest absolute Gasteiger partial charge is 0.311 e. The maximum Gasteiger partial charge on any atom is 0.146 e. The second-order valence-corrected chi connectivity index (χ2v) is 4.96. The van der Waals surface area contributed by atoms with Crippen LogP contribution in [0, 0.1) is 5.82 Å². The van der Waals surface area contributed by atoms with Crippen molar-refractivity contribution < 1.29 is 4.39 Å². The summed E-state index contributed by atoms with van der Waals surface area (Å²) in [6, 6.07) is 5.23. The smallest absolute Gasteiger partial charge is 0.146 e. The highest BCUT2D eigenvalue weighted by Gasteiger charge is 2.17. The topological polar surface area (TPSA) is 42.7 Å². The van der Waals surface area contributed by atoms with Crippen LogP contribution in [-0.4, -0.2) is 21.8 Å². The molecular weight excluding hydrogens is 255 g/mol. The van der Waals surface area contributed by atoms with Gasteiger partial charge < -0.3 is 5.32 Å². The fraction of sp³-hybridized carbons (Fsp3) is 0.467. The molecule has 108 valence electrons. The van der Waals surface area contributed by atoms with Crippen LogP contribution in [0.2, 0.25) is 0 Å². The monoisotopic (exact) mass is 276 g/mol. The molecule has 0 aliphatic rings. The summed E-state index contributed by atoms with van der Waals surface area (Å²) >= 11 is 0. The van der Waals surface area contributed by atoms with Crippen molar-refractivity contribution in [1.29, 1.82) is 0 Å². The molecule has 0 aliphatic carbocycles. The molecule has 2 aromatic heterocycles. The van der Waals surface area contributed by atoms with Gasteiger partial charge in [0, 0.05) is 24.9 Å². The van der Waals surface area contributed by atoms with Crippen LogP contribution in [-0.2, 0) is 6.42 Å². The third kappa shape index (κ3) is 3.22. The lowest BCUT2D eigenvalue weighted by Crippen LogP contribution is -2.21. The normalized spacial score (nSPS) is 14.2. The van der Waals surface area contributed by atoms with E-state index in [2.05, 4.69) is 29.2 Å². The Labute approximate surface area is 119 Å². The summed E-state index contributed by atoms with van der Waals surface area (Å²) in [5, 5.41) is 7.66. The van der Waals surface area contributed by atoms with Gasteiger partial charge in [-0.15, -0.1) is 0 Å². The molecule has 2 rings (SSSR count). The Hall–Kier alpha value is -1.75. The molecule has 2 unspecified atom stereocenters. The number of likely N-dealkylation sites (N-methyl/N-ethyl adjacent to an activating group) is 1. The Morgan fingerprint density at radius 3 is 2.85 bits per heavy atom. The van der Waals surface area contributed by atoms with Gasteiger partial charge in [-0.1, -0.05) is 6.92 Å². The summed E-state index contributed by atoms with van der Waals surface area (Å²) in [5.41, 5.74) is 1.38. The Morgan fingerprint density at radius 2 is 2.20 bits per heavy atom. The van der Waals surface area contributed by atoms with Gasteiger partial charge in [0.2, 0.25) is 0 Å². The second-order valence-electron chi connectivity index (χ2n) is 4.96. The number of hydrogen-bond donors (Lipinski definition) is 1. The van der Waals surface area contributed by atoms with E-state index in [-0.39, 0.29) is 11.9 Å². The molecule has 0 saturated carbocycles. The van der Waals surface area contributed by atoms with Crippen molar-refractivity contribution in [2.24, 2.45) is 0 Å². The van der Waals surface area contributed by atoms with E-state index in [0.29, 0.717) is 18.2 Å². The minimum absolute atomic E-state index is 0.170. The summed E-state index contributed by atoms with van der Waals surface area (Å²) in [6.07, 6.45) is 5.24. The number of nitrogens with zero attached hydrogens (tertiary/aromatic N) is 3. The number of nitrogens with one attached hydrogen (secondary N) is 1. The zero-order valence-corrected chi connectivity index (χ0v) is 12.2.